The summed E-state index contributed by atoms with van der Waals surface area (Å²) in [5.74, 6) is -0.781. The van der Waals surface area contributed by atoms with Crippen molar-refractivity contribution in [2.75, 3.05) is 27.0 Å². The van der Waals surface area contributed by atoms with E-state index in [2.05, 4.69) is 5.32 Å². The van der Waals surface area contributed by atoms with E-state index in [4.69, 9.17) is 4.74 Å². The second-order valence-electron chi connectivity index (χ2n) is 7.37. The lowest BCUT2D eigenvalue weighted by atomic mass is 10.1. The number of amides is 2. The van der Waals surface area contributed by atoms with Crippen LogP contribution in [0.5, 0.6) is 5.75 Å². The second-order valence-corrected chi connectivity index (χ2v) is 9.46. The van der Waals surface area contributed by atoms with Crippen molar-refractivity contribution in [3.8, 4) is 5.75 Å². The van der Waals surface area contributed by atoms with Crippen LogP contribution in [-0.2, 0) is 32.7 Å². The molecule has 0 saturated carbocycles. The number of carbonyl (C=O) groups excluding carboxylic acids is 2. The van der Waals surface area contributed by atoms with E-state index >= 15 is 0 Å². The topological polar surface area (TPSA) is 96.0 Å². The van der Waals surface area contributed by atoms with E-state index in [0.717, 1.165) is 16.1 Å². The third-order valence-corrected chi connectivity index (χ3v) is 6.26. The fourth-order valence-corrected chi connectivity index (χ4v) is 3.29. The third kappa shape index (κ3) is 7.03. The van der Waals surface area contributed by atoms with E-state index in [-0.39, 0.29) is 13.1 Å². The van der Waals surface area contributed by atoms with Crippen LogP contribution in [-0.4, -0.2) is 62.4 Å². The number of benzene rings is 2. The summed E-state index contributed by atoms with van der Waals surface area (Å²) < 4.78 is 42.9. The van der Waals surface area contributed by atoms with Gasteiger partial charge in [-0.1, -0.05) is 30.3 Å². The number of hydrogen-bond acceptors (Lipinski definition) is 5. The second kappa shape index (κ2) is 11.1. The molecule has 0 fully saturated rings. The van der Waals surface area contributed by atoms with E-state index < -0.39 is 40.2 Å². The third-order valence-electron chi connectivity index (χ3n) is 5.00. The molecular formula is C22H28FN3O5S. The molecule has 8 nitrogen and oxygen atoms in total. The predicted molar refractivity (Wildman–Crippen MR) is 119 cm³/mol. The van der Waals surface area contributed by atoms with Crippen molar-refractivity contribution in [2.45, 2.75) is 26.1 Å². The minimum Gasteiger partial charge on any atom is -0.496 e. The van der Waals surface area contributed by atoms with Crippen LogP contribution in [0.15, 0.2) is 48.5 Å². The number of carbonyl (C=O) groups is 2. The maximum absolute atomic E-state index is 13.3. The molecule has 0 aromatic heterocycles. The first-order valence-corrected chi connectivity index (χ1v) is 11.7. The summed E-state index contributed by atoms with van der Waals surface area (Å²) in [6.45, 7) is 1.33. The Labute approximate surface area is 188 Å². The van der Waals surface area contributed by atoms with Crippen LogP contribution in [0.2, 0.25) is 0 Å². The molecule has 2 aromatic rings. The SMILES string of the molecule is COc1ccccc1CNC(=O)C(C)N(Cc1ccc(F)cc1)C(=O)CN(C)S(C)(=O)=O. The molecular weight excluding hydrogens is 437 g/mol. The Morgan fingerprint density at radius 1 is 1.12 bits per heavy atom. The standard InChI is InChI=1S/C22H28FN3O5S/c1-16(22(28)24-13-18-7-5-6-8-20(18)31-3)26(14-17-9-11-19(23)12-10-17)21(27)15-25(2)32(4,29)30/h5-12,16H,13-15H2,1-4H3,(H,24,28). The number of halogens is 1. The van der Waals surface area contributed by atoms with Gasteiger partial charge in [0.2, 0.25) is 21.8 Å². The molecule has 1 atom stereocenters. The summed E-state index contributed by atoms with van der Waals surface area (Å²) in [5.41, 5.74) is 1.37. The average Bonchev–Trinajstić information content (AvgIpc) is 2.75. The van der Waals surface area contributed by atoms with Gasteiger partial charge in [-0.3, -0.25) is 9.59 Å². The Balaban J connectivity index is 2.19. The first kappa shape index (κ1) is 25.3. The molecule has 0 aliphatic heterocycles. The van der Waals surface area contributed by atoms with Crippen molar-refractivity contribution in [3.05, 3.63) is 65.5 Å². The minimum absolute atomic E-state index is 0.0138. The van der Waals surface area contributed by atoms with Crippen molar-refractivity contribution in [3.63, 3.8) is 0 Å². The van der Waals surface area contributed by atoms with Crippen LogP contribution in [0.1, 0.15) is 18.1 Å². The fraction of sp³-hybridized carbons (Fsp3) is 0.364. The molecule has 0 spiro atoms. The number of para-hydroxylation sites is 1. The number of ether oxygens (including phenoxy) is 1. The molecule has 1 unspecified atom stereocenters. The number of nitrogens with zero attached hydrogens (tertiary/aromatic N) is 2. The molecule has 0 heterocycles. The van der Waals surface area contributed by atoms with Gasteiger partial charge in [-0.15, -0.1) is 0 Å². The van der Waals surface area contributed by atoms with Crippen molar-refractivity contribution < 1.29 is 27.1 Å². The normalized spacial score (nSPS) is 12.3. The van der Waals surface area contributed by atoms with Crippen LogP contribution >= 0.6 is 0 Å². The van der Waals surface area contributed by atoms with Gasteiger partial charge in [0.1, 0.15) is 17.6 Å². The largest absolute Gasteiger partial charge is 0.496 e. The quantitative estimate of drug-likeness (QED) is 0.577. The molecule has 0 bridgehead atoms. The Kier molecular flexibility index (Phi) is 8.73. The van der Waals surface area contributed by atoms with Gasteiger partial charge in [-0.25, -0.2) is 12.8 Å². The van der Waals surface area contributed by atoms with Crippen molar-refractivity contribution in [1.82, 2.24) is 14.5 Å². The van der Waals surface area contributed by atoms with Crippen molar-refractivity contribution in [2.24, 2.45) is 0 Å². The maximum Gasteiger partial charge on any atom is 0.242 e. The Hall–Kier alpha value is -2.98. The summed E-state index contributed by atoms with van der Waals surface area (Å²) in [6, 6.07) is 11.8. The lowest BCUT2D eigenvalue weighted by Gasteiger charge is -2.30. The van der Waals surface area contributed by atoms with E-state index in [9.17, 15) is 22.4 Å². The fourth-order valence-electron chi connectivity index (χ4n) is 2.95. The first-order chi connectivity index (χ1) is 15.0. The summed E-state index contributed by atoms with van der Waals surface area (Å²) in [6.07, 6.45) is 0.994. The van der Waals surface area contributed by atoms with Crippen molar-refractivity contribution in [1.29, 1.82) is 0 Å². The zero-order valence-electron chi connectivity index (χ0n) is 18.5. The smallest absolute Gasteiger partial charge is 0.242 e. The minimum atomic E-state index is -3.59. The highest BCUT2D eigenvalue weighted by atomic mass is 32.2. The number of methoxy groups -OCH3 is 1. The van der Waals surface area contributed by atoms with Gasteiger partial charge in [-0.2, -0.15) is 4.31 Å². The average molecular weight is 466 g/mol. The molecule has 0 aliphatic carbocycles. The molecule has 2 aromatic carbocycles. The monoisotopic (exact) mass is 465 g/mol. The molecule has 0 saturated heterocycles. The molecule has 2 rings (SSSR count). The summed E-state index contributed by atoms with van der Waals surface area (Å²) in [4.78, 5) is 27.1. The Bertz CT molecular complexity index is 1040. The van der Waals surface area contributed by atoms with Gasteiger partial charge >= 0.3 is 0 Å². The van der Waals surface area contributed by atoms with E-state index in [0.29, 0.717) is 11.3 Å². The molecule has 0 aliphatic rings. The van der Waals surface area contributed by atoms with E-state index in [1.54, 1.807) is 13.0 Å². The molecule has 10 heteroatoms. The first-order valence-electron chi connectivity index (χ1n) is 9.87. The highest BCUT2D eigenvalue weighted by Gasteiger charge is 2.28. The maximum atomic E-state index is 13.3. The lowest BCUT2D eigenvalue weighted by molar-refractivity contribution is -0.140. The molecule has 32 heavy (non-hydrogen) atoms. The van der Waals surface area contributed by atoms with Crippen LogP contribution in [0.4, 0.5) is 4.39 Å². The van der Waals surface area contributed by atoms with Gasteiger partial charge in [0, 0.05) is 25.7 Å². The molecule has 174 valence electrons. The van der Waals surface area contributed by atoms with Gasteiger partial charge in [0.05, 0.1) is 19.9 Å². The van der Waals surface area contributed by atoms with Gasteiger partial charge in [0.15, 0.2) is 0 Å². The molecule has 2 amide bonds. The number of sulfonamides is 1. The van der Waals surface area contributed by atoms with Crippen LogP contribution in [0.25, 0.3) is 0 Å². The summed E-state index contributed by atoms with van der Waals surface area (Å²) in [7, 11) is -0.768. The number of hydrogen-bond donors (Lipinski definition) is 1. The number of likely N-dealkylation sites (N-methyl/N-ethyl adjacent to an activating group) is 1. The van der Waals surface area contributed by atoms with E-state index in [1.807, 2.05) is 18.2 Å². The molecule has 1 N–H and O–H groups in total. The van der Waals surface area contributed by atoms with Gasteiger partial charge < -0.3 is 15.0 Å². The number of nitrogens with one attached hydrogen (secondary N) is 1. The van der Waals surface area contributed by atoms with Gasteiger partial charge in [0.25, 0.3) is 0 Å². The van der Waals surface area contributed by atoms with E-state index in [1.165, 1.54) is 43.3 Å². The summed E-state index contributed by atoms with van der Waals surface area (Å²) >= 11 is 0. The Morgan fingerprint density at radius 3 is 2.34 bits per heavy atom. The lowest BCUT2D eigenvalue weighted by Crippen LogP contribution is -2.50. The zero-order chi connectivity index (χ0) is 23.9. The highest BCUT2D eigenvalue weighted by molar-refractivity contribution is 7.88. The van der Waals surface area contributed by atoms with Crippen LogP contribution < -0.4 is 10.1 Å². The molecule has 0 radical (unpaired) electrons. The summed E-state index contributed by atoms with van der Waals surface area (Å²) in [5, 5.41) is 2.78. The predicted octanol–water partition coefficient (Wildman–Crippen LogP) is 1.76. The number of rotatable bonds is 10. The highest BCUT2D eigenvalue weighted by Crippen LogP contribution is 2.17. The van der Waals surface area contributed by atoms with Crippen molar-refractivity contribution >= 4 is 21.8 Å². The Morgan fingerprint density at radius 2 is 1.75 bits per heavy atom. The van der Waals surface area contributed by atoms with Crippen LogP contribution in [0, 0.1) is 5.82 Å². The zero-order valence-corrected chi connectivity index (χ0v) is 19.4. The van der Waals surface area contributed by atoms with Crippen LogP contribution in [0.3, 0.4) is 0 Å². The van der Waals surface area contributed by atoms with Gasteiger partial charge in [-0.05, 0) is 30.7 Å².